The topological polar surface area (TPSA) is 32.8 Å². The minimum absolute atomic E-state index is 0.169. The Bertz CT molecular complexity index is 294. The number of amides is 1. The van der Waals surface area contributed by atoms with Crippen LogP contribution in [-0.2, 0) is 9.53 Å². The number of nitrogens with zero attached hydrogens (tertiary/aromatic N) is 2. The first kappa shape index (κ1) is 13.8. The Balaban J connectivity index is 1.85. The van der Waals surface area contributed by atoms with Crippen LogP contribution in [0.3, 0.4) is 0 Å². The highest BCUT2D eigenvalue weighted by molar-refractivity contribution is 5.77. The fourth-order valence-electron chi connectivity index (χ4n) is 3.15. The summed E-state index contributed by atoms with van der Waals surface area (Å²) < 4.78 is 5.22. The summed E-state index contributed by atoms with van der Waals surface area (Å²) >= 11 is 0. The molecule has 0 N–H and O–H groups in total. The van der Waals surface area contributed by atoms with Crippen LogP contribution < -0.4 is 0 Å². The molecule has 2 heterocycles. The van der Waals surface area contributed by atoms with Crippen LogP contribution in [0.4, 0.5) is 0 Å². The lowest BCUT2D eigenvalue weighted by Crippen LogP contribution is -2.43. The number of carbonyl (C=O) groups excluding carboxylic acids is 1. The number of ether oxygens (including phenoxy) is 1. The van der Waals surface area contributed by atoms with Gasteiger partial charge in [-0.2, -0.15) is 0 Å². The minimum Gasteiger partial charge on any atom is -0.372 e. The largest absolute Gasteiger partial charge is 0.372 e. The molecule has 0 saturated carbocycles. The van der Waals surface area contributed by atoms with Gasteiger partial charge in [0.1, 0.15) is 6.61 Å². The molecule has 2 aliphatic rings. The Morgan fingerprint density at radius 3 is 2.67 bits per heavy atom. The molecule has 2 rings (SSSR count). The molecule has 0 bridgehead atoms. The number of likely N-dealkylation sites (tertiary alicyclic amines) is 2. The van der Waals surface area contributed by atoms with Crippen molar-refractivity contribution in [1.29, 1.82) is 0 Å². The van der Waals surface area contributed by atoms with Crippen molar-refractivity contribution >= 4 is 5.91 Å². The number of rotatable bonds is 4. The molecular formula is C14H26N2O2. The minimum atomic E-state index is 0.169. The molecule has 104 valence electrons. The number of carbonyl (C=O) groups is 1. The Labute approximate surface area is 110 Å². The Morgan fingerprint density at radius 1 is 1.28 bits per heavy atom. The van der Waals surface area contributed by atoms with E-state index in [1.807, 2.05) is 11.8 Å². The highest BCUT2D eigenvalue weighted by Crippen LogP contribution is 2.31. The van der Waals surface area contributed by atoms with Gasteiger partial charge in [0.2, 0.25) is 5.91 Å². The van der Waals surface area contributed by atoms with E-state index >= 15 is 0 Å². The fraction of sp³-hybridized carbons (Fsp3) is 0.929. The monoisotopic (exact) mass is 254 g/mol. The van der Waals surface area contributed by atoms with Gasteiger partial charge in [0.25, 0.3) is 0 Å². The lowest BCUT2D eigenvalue weighted by Gasteiger charge is -2.36. The number of hydrogen-bond donors (Lipinski definition) is 0. The molecule has 0 spiro atoms. The third-order valence-corrected chi connectivity index (χ3v) is 4.35. The normalized spacial score (nSPS) is 28.8. The average Bonchev–Trinajstić information content (AvgIpc) is 2.78. The molecule has 0 aromatic carbocycles. The SMILES string of the molecule is CCOCC(=O)N1C[C@@H]2CCN(C(C)C)C[C@@H]2C1. The van der Waals surface area contributed by atoms with Crippen molar-refractivity contribution in [1.82, 2.24) is 9.80 Å². The second-order valence-corrected chi connectivity index (χ2v) is 5.83. The second kappa shape index (κ2) is 6.02. The van der Waals surface area contributed by atoms with Crippen molar-refractivity contribution in [3.05, 3.63) is 0 Å². The highest BCUT2D eigenvalue weighted by atomic mass is 16.5. The summed E-state index contributed by atoms with van der Waals surface area (Å²) in [6.45, 7) is 11.5. The predicted molar refractivity (Wildman–Crippen MR) is 71.4 cm³/mol. The van der Waals surface area contributed by atoms with Crippen LogP contribution in [0.5, 0.6) is 0 Å². The first-order valence-corrected chi connectivity index (χ1v) is 7.21. The average molecular weight is 254 g/mol. The summed E-state index contributed by atoms with van der Waals surface area (Å²) in [5, 5.41) is 0. The maximum Gasteiger partial charge on any atom is 0.248 e. The zero-order valence-electron chi connectivity index (χ0n) is 11.9. The van der Waals surface area contributed by atoms with Gasteiger partial charge in [-0.25, -0.2) is 0 Å². The van der Waals surface area contributed by atoms with Crippen molar-refractivity contribution in [2.24, 2.45) is 11.8 Å². The van der Waals surface area contributed by atoms with Crippen LogP contribution in [0.2, 0.25) is 0 Å². The van der Waals surface area contributed by atoms with E-state index in [0.717, 1.165) is 19.6 Å². The molecule has 1 amide bonds. The van der Waals surface area contributed by atoms with Gasteiger partial charge in [-0.3, -0.25) is 4.79 Å². The van der Waals surface area contributed by atoms with Gasteiger partial charge in [-0.15, -0.1) is 0 Å². The van der Waals surface area contributed by atoms with Gasteiger partial charge in [-0.1, -0.05) is 0 Å². The zero-order chi connectivity index (χ0) is 13.1. The van der Waals surface area contributed by atoms with E-state index in [-0.39, 0.29) is 12.5 Å². The van der Waals surface area contributed by atoms with Crippen LogP contribution in [0, 0.1) is 11.8 Å². The van der Waals surface area contributed by atoms with Gasteiger partial charge in [0.05, 0.1) is 0 Å². The molecule has 0 radical (unpaired) electrons. The molecule has 18 heavy (non-hydrogen) atoms. The van der Waals surface area contributed by atoms with Crippen molar-refractivity contribution in [2.45, 2.75) is 33.2 Å². The molecule has 2 atom stereocenters. The number of piperidine rings is 1. The van der Waals surface area contributed by atoms with Crippen LogP contribution in [0.15, 0.2) is 0 Å². The second-order valence-electron chi connectivity index (χ2n) is 5.83. The summed E-state index contributed by atoms with van der Waals surface area (Å²) in [5.41, 5.74) is 0. The maximum atomic E-state index is 12.0. The van der Waals surface area contributed by atoms with E-state index in [2.05, 4.69) is 18.7 Å². The van der Waals surface area contributed by atoms with Crippen molar-refractivity contribution in [2.75, 3.05) is 39.4 Å². The number of fused-ring (bicyclic) bond motifs is 1. The Morgan fingerprint density at radius 2 is 2.00 bits per heavy atom. The van der Waals surface area contributed by atoms with E-state index in [4.69, 9.17) is 4.74 Å². The third-order valence-electron chi connectivity index (χ3n) is 4.35. The first-order chi connectivity index (χ1) is 8.61. The molecule has 2 aliphatic heterocycles. The molecule has 4 heteroatoms. The summed E-state index contributed by atoms with van der Waals surface area (Å²) in [6.07, 6.45) is 1.24. The molecule has 4 nitrogen and oxygen atoms in total. The summed E-state index contributed by atoms with van der Waals surface area (Å²) in [4.78, 5) is 16.5. The fourth-order valence-corrected chi connectivity index (χ4v) is 3.15. The molecule has 0 aliphatic carbocycles. The summed E-state index contributed by atoms with van der Waals surface area (Å²) in [7, 11) is 0. The van der Waals surface area contributed by atoms with Crippen LogP contribution >= 0.6 is 0 Å². The van der Waals surface area contributed by atoms with Crippen molar-refractivity contribution in [3.8, 4) is 0 Å². The molecular weight excluding hydrogens is 228 g/mol. The van der Waals surface area contributed by atoms with Gasteiger partial charge < -0.3 is 14.5 Å². The lowest BCUT2D eigenvalue weighted by atomic mass is 9.88. The standard InChI is InChI=1S/C14H26N2O2/c1-4-18-10-14(17)16-7-12-5-6-15(11(2)3)8-13(12)9-16/h11-13H,4-10H2,1-3H3/t12-,13+/m0/s1. The lowest BCUT2D eigenvalue weighted by molar-refractivity contribution is -0.135. The van der Waals surface area contributed by atoms with Gasteiger partial charge >= 0.3 is 0 Å². The highest BCUT2D eigenvalue weighted by Gasteiger charge is 2.38. The van der Waals surface area contributed by atoms with Crippen molar-refractivity contribution in [3.63, 3.8) is 0 Å². The van der Waals surface area contributed by atoms with Crippen LogP contribution in [-0.4, -0.2) is 61.1 Å². The molecule has 0 aromatic heterocycles. The first-order valence-electron chi connectivity index (χ1n) is 7.21. The zero-order valence-corrected chi connectivity index (χ0v) is 11.9. The summed E-state index contributed by atoms with van der Waals surface area (Å²) in [6, 6.07) is 0.624. The molecule has 0 unspecified atom stereocenters. The van der Waals surface area contributed by atoms with Crippen molar-refractivity contribution < 1.29 is 9.53 Å². The van der Waals surface area contributed by atoms with Gasteiger partial charge in [0, 0.05) is 32.3 Å². The van der Waals surface area contributed by atoms with E-state index in [0.29, 0.717) is 24.5 Å². The quantitative estimate of drug-likeness (QED) is 0.756. The van der Waals surface area contributed by atoms with Crippen LogP contribution in [0.25, 0.3) is 0 Å². The van der Waals surface area contributed by atoms with E-state index in [1.54, 1.807) is 0 Å². The summed E-state index contributed by atoms with van der Waals surface area (Å²) in [5.74, 6) is 1.56. The Kier molecular flexibility index (Phi) is 4.62. The van der Waals surface area contributed by atoms with Gasteiger partial charge in [0.15, 0.2) is 0 Å². The smallest absolute Gasteiger partial charge is 0.248 e. The molecule has 2 fully saturated rings. The van der Waals surface area contributed by atoms with Crippen LogP contribution in [0.1, 0.15) is 27.2 Å². The number of hydrogen-bond acceptors (Lipinski definition) is 3. The predicted octanol–water partition coefficient (Wildman–Crippen LogP) is 1.21. The maximum absolute atomic E-state index is 12.0. The third kappa shape index (κ3) is 3.04. The van der Waals surface area contributed by atoms with E-state index in [9.17, 15) is 4.79 Å². The molecule has 0 aromatic rings. The molecule has 2 saturated heterocycles. The van der Waals surface area contributed by atoms with E-state index < -0.39 is 0 Å². The van der Waals surface area contributed by atoms with Gasteiger partial charge in [-0.05, 0) is 45.6 Å². The Hall–Kier alpha value is -0.610. The van der Waals surface area contributed by atoms with E-state index in [1.165, 1.54) is 13.0 Å².